The van der Waals surface area contributed by atoms with Gasteiger partial charge in [-0.2, -0.15) is 10.1 Å². The third-order valence-corrected chi connectivity index (χ3v) is 4.76. The van der Waals surface area contributed by atoms with Gasteiger partial charge >= 0.3 is 0 Å². The van der Waals surface area contributed by atoms with Crippen molar-refractivity contribution in [3.05, 3.63) is 71.8 Å². The summed E-state index contributed by atoms with van der Waals surface area (Å²) in [5, 5.41) is 8.12. The molecule has 0 aliphatic carbocycles. The van der Waals surface area contributed by atoms with Crippen molar-refractivity contribution in [3.63, 3.8) is 0 Å². The van der Waals surface area contributed by atoms with E-state index in [-0.39, 0.29) is 5.91 Å². The maximum absolute atomic E-state index is 13.0. The third kappa shape index (κ3) is 3.11. The lowest BCUT2D eigenvalue weighted by Crippen LogP contribution is -2.21. The van der Waals surface area contributed by atoms with Crippen molar-refractivity contribution in [3.8, 4) is 11.5 Å². The van der Waals surface area contributed by atoms with Crippen LogP contribution in [0.4, 0.5) is 5.69 Å². The molecule has 0 saturated carbocycles. The minimum Gasteiger partial charge on any atom is -0.493 e. The molecule has 5 nitrogen and oxygen atoms in total. The summed E-state index contributed by atoms with van der Waals surface area (Å²) in [5.41, 5.74) is 2.82. The van der Waals surface area contributed by atoms with Crippen molar-refractivity contribution in [2.24, 2.45) is 5.10 Å². The number of nitrogens with zero attached hydrogens (tertiary/aromatic N) is 2. The average molecular weight is 372 g/mol. The van der Waals surface area contributed by atoms with Crippen molar-refractivity contribution >= 4 is 34.2 Å². The van der Waals surface area contributed by atoms with Gasteiger partial charge in [-0.15, -0.1) is 0 Å². The van der Waals surface area contributed by atoms with Crippen LogP contribution in [-0.2, 0) is 4.79 Å². The quantitative estimate of drug-likeness (QED) is 0.626. The van der Waals surface area contributed by atoms with Gasteiger partial charge in [-0.1, -0.05) is 36.4 Å². The first-order valence-electron chi connectivity index (χ1n) is 8.93. The lowest BCUT2D eigenvalue weighted by Gasteiger charge is -2.12. The third-order valence-electron chi connectivity index (χ3n) is 4.76. The number of rotatable bonds is 4. The zero-order valence-corrected chi connectivity index (χ0v) is 16.0. The summed E-state index contributed by atoms with van der Waals surface area (Å²) in [6, 6.07) is 19.5. The van der Waals surface area contributed by atoms with Crippen LogP contribution in [0.25, 0.3) is 16.8 Å². The average Bonchev–Trinajstić information content (AvgIpc) is 3.01. The van der Waals surface area contributed by atoms with Gasteiger partial charge in [0.15, 0.2) is 11.5 Å². The van der Waals surface area contributed by atoms with Gasteiger partial charge in [0.05, 0.1) is 31.2 Å². The summed E-state index contributed by atoms with van der Waals surface area (Å²) in [5.74, 6) is 1.11. The Kier molecular flexibility index (Phi) is 4.57. The van der Waals surface area contributed by atoms with E-state index in [2.05, 4.69) is 5.10 Å². The van der Waals surface area contributed by atoms with Crippen LogP contribution in [0, 0.1) is 0 Å². The number of hydrogen-bond donors (Lipinski definition) is 0. The molecule has 0 bridgehead atoms. The van der Waals surface area contributed by atoms with E-state index in [0.29, 0.717) is 22.8 Å². The number of hydrogen-bond acceptors (Lipinski definition) is 4. The molecular weight excluding hydrogens is 352 g/mol. The first-order chi connectivity index (χ1) is 13.6. The number of hydrazone groups is 1. The zero-order chi connectivity index (χ0) is 19.7. The predicted octanol–water partition coefficient (Wildman–Crippen LogP) is 4.66. The van der Waals surface area contributed by atoms with Crippen LogP contribution in [-0.4, -0.2) is 25.8 Å². The number of anilines is 1. The molecule has 1 heterocycles. The molecule has 0 spiro atoms. The highest BCUT2D eigenvalue weighted by molar-refractivity contribution is 6.32. The van der Waals surface area contributed by atoms with E-state index in [1.807, 2.05) is 73.7 Å². The summed E-state index contributed by atoms with van der Waals surface area (Å²) in [7, 11) is 3.18. The Morgan fingerprint density at radius 1 is 0.893 bits per heavy atom. The topological polar surface area (TPSA) is 51.1 Å². The highest BCUT2D eigenvalue weighted by Gasteiger charge is 2.28. The van der Waals surface area contributed by atoms with E-state index in [1.54, 1.807) is 14.2 Å². The Bertz CT molecular complexity index is 1130. The molecule has 0 N–H and O–H groups in total. The Hall–Kier alpha value is -3.60. The lowest BCUT2D eigenvalue weighted by molar-refractivity contribution is -0.114. The number of amides is 1. The molecule has 1 aliphatic heterocycles. The maximum atomic E-state index is 13.0. The van der Waals surface area contributed by atoms with Crippen LogP contribution in [0.3, 0.4) is 0 Å². The Labute approximate surface area is 163 Å². The summed E-state index contributed by atoms with van der Waals surface area (Å²) < 4.78 is 10.6. The van der Waals surface area contributed by atoms with Gasteiger partial charge in [0, 0.05) is 0 Å². The normalized spacial score (nSPS) is 15.2. The monoisotopic (exact) mass is 372 g/mol. The number of fused-ring (bicyclic) bond motifs is 1. The summed E-state index contributed by atoms with van der Waals surface area (Å²) >= 11 is 0. The fraction of sp³-hybridized carbons (Fsp3) is 0.130. The molecule has 1 amide bonds. The Morgan fingerprint density at radius 3 is 2.39 bits per heavy atom. The van der Waals surface area contributed by atoms with E-state index in [0.717, 1.165) is 22.0 Å². The number of carbonyl (C=O) groups excluding carboxylic acids is 1. The second-order valence-corrected chi connectivity index (χ2v) is 6.51. The SMILES string of the molecule is COc1ccc(C=C2C(=O)N(c3ccc4ccccc4c3)N=C2C)cc1OC. The highest BCUT2D eigenvalue weighted by Crippen LogP contribution is 2.31. The predicted molar refractivity (Wildman–Crippen MR) is 112 cm³/mol. The molecule has 0 atom stereocenters. The fourth-order valence-electron chi connectivity index (χ4n) is 3.28. The van der Waals surface area contributed by atoms with Crippen molar-refractivity contribution in [1.82, 2.24) is 0 Å². The molecular formula is C23H20N2O3. The molecule has 0 unspecified atom stereocenters. The second-order valence-electron chi connectivity index (χ2n) is 6.51. The Balaban J connectivity index is 1.68. The standard InChI is InChI=1S/C23H20N2O3/c1-15-20(12-16-8-11-21(27-2)22(13-16)28-3)23(26)25(24-15)19-10-9-17-6-4-5-7-18(17)14-19/h4-14H,1-3H3. The van der Waals surface area contributed by atoms with Crippen molar-refractivity contribution in [2.45, 2.75) is 6.92 Å². The van der Waals surface area contributed by atoms with Gasteiger partial charge in [-0.3, -0.25) is 4.79 Å². The number of methoxy groups -OCH3 is 2. The molecule has 5 heteroatoms. The molecule has 0 saturated heterocycles. The smallest absolute Gasteiger partial charge is 0.280 e. The van der Waals surface area contributed by atoms with E-state index in [1.165, 1.54) is 5.01 Å². The van der Waals surface area contributed by atoms with Crippen molar-refractivity contribution in [1.29, 1.82) is 0 Å². The van der Waals surface area contributed by atoms with E-state index in [9.17, 15) is 4.79 Å². The van der Waals surface area contributed by atoms with Gasteiger partial charge in [-0.25, -0.2) is 0 Å². The highest BCUT2D eigenvalue weighted by atomic mass is 16.5. The number of benzene rings is 3. The number of ether oxygens (including phenoxy) is 2. The van der Waals surface area contributed by atoms with E-state index < -0.39 is 0 Å². The van der Waals surface area contributed by atoms with Crippen LogP contribution < -0.4 is 14.5 Å². The zero-order valence-electron chi connectivity index (χ0n) is 16.0. The Morgan fingerprint density at radius 2 is 1.64 bits per heavy atom. The van der Waals surface area contributed by atoms with Gasteiger partial charge in [0.1, 0.15) is 0 Å². The van der Waals surface area contributed by atoms with Crippen LogP contribution >= 0.6 is 0 Å². The molecule has 0 fully saturated rings. The first-order valence-corrected chi connectivity index (χ1v) is 8.93. The van der Waals surface area contributed by atoms with Gasteiger partial charge in [0.25, 0.3) is 5.91 Å². The molecule has 1 aliphatic rings. The minimum atomic E-state index is -0.150. The van der Waals surface area contributed by atoms with E-state index >= 15 is 0 Å². The van der Waals surface area contributed by atoms with Crippen molar-refractivity contribution in [2.75, 3.05) is 19.2 Å². The van der Waals surface area contributed by atoms with Crippen LogP contribution in [0.2, 0.25) is 0 Å². The minimum absolute atomic E-state index is 0.150. The van der Waals surface area contributed by atoms with Crippen LogP contribution in [0.15, 0.2) is 71.3 Å². The summed E-state index contributed by atoms with van der Waals surface area (Å²) in [6.45, 7) is 1.84. The van der Waals surface area contributed by atoms with E-state index in [4.69, 9.17) is 9.47 Å². The summed E-state index contributed by atoms with van der Waals surface area (Å²) in [4.78, 5) is 13.0. The molecule has 0 radical (unpaired) electrons. The van der Waals surface area contributed by atoms with Crippen molar-refractivity contribution < 1.29 is 14.3 Å². The maximum Gasteiger partial charge on any atom is 0.280 e. The van der Waals surface area contributed by atoms with Crippen LogP contribution in [0.5, 0.6) is 11.5 Å². The molecule has 4 rings (SSSR count). The molecule has 0 aromatic heterocycles. The number of carbonyl (C=O) groups is 1. The summed E-state index contributed by atoms with van der Waals surface area (Å²) in [6.07, 6.45) is 1.82. The molecule has 140 valence electrons. The first kappa shape index (κ1) is 17.8. The molecule has 28 heavy (non-hydrogen) atoms. The molecule has 3 aromatic carbocycles. The second kappa shape index (κ2) is 7.19. The molecule has 3 aromatic rings. The van der Waals surface area contributed by atoms with Gasteiger partial charge < -0.3 is 9.47 Å². The van der Waals surface area contributed by atoms with Crippen LogP contribution in [0.1, 0.15) is 12.5 Å². The van der Waals surface area contributed by atoms with Gasteiger partial charge in [-0.05, 0) is 53.6 Å². The lowest BCUT2D eigenvalue weighted by atomic mass is 10.1. The van der Waals surface area contributed by atoms with Gasteiger partial charge in [0.2, 0.25) is 0 Å². The largest absolute Gasteiger partial charge is 0.493 e. The fourth-order valence-corrected chi connectivity index (χ4v) is 3.28.